The Balaban J connectivity index is 0.000000325. The van der Waals surface area contributed by atoms with Crippen molar-refractivity contribution in [1.29, 1.82) is 10.7 Å². The number of methoxy groups -OCH3 is 1. The summed E-state index contributed by atoms with van der Waals surface area (Å²) in [6.45, 7) is -0.0312. The molecule has 0 spiro atoms. The van der Waals surface area contributed by atoms with Gasteiger partial charge in [0.15, 0.2) is 0 Å². The summed E-state index contributed by atoms with van der Waals surface area (Å²) in [4.78, 5) is 9.83. The fourth-order valence-electron chi connectivity index (χ4n) is 0.737. The Morgan fingerprint density at radius 3 is 2.38 bits per heavy atom. The van der Waals surface area contributed by atoms with Crippen LogP contribution >= 0.6 is 0 Å². The number of carbonyl (C=O) groups excluding carboxylic acids is 1. The summed E-state index contributed by atoms with van der Waals surface area (Å²) in [5, 5.41) is 15.3. The van der Waals surface area contributed by atoms with Crippen LogP contribution in [0, 0.1) is 16.7 Å². The fourth-order valence-corrected chi connectivity index (χ4v) is 0.737. The normalized spacial score (nSPS) is 8.06. The van der Waals surface area contributed by atoms with Gasteiger partial charge in [-0.25, -0.2) is 0 Å². The van der Waals surface area contributed by atoms with Crippen LogP contribution < -0.4 is 5.73 Å². The molecule has 0 aliphatic carbocycles. The van der Waals surface area contributed by atoms with Crippen LogP contribution in [0.2, 0.25) is 0 Å². The second-order valence-corrected chi connectivity index (χ2v) is 2.66. The predicted molar refractivity (Wildman–Crippen MR) is 60.1 cm³/mol. The first kappa shape index (κ1) is 13.8. The molecule has 1 rings (SSSR count). The highest BCUT2D eigenvalue weighted by Crippen LogP contribution is 1.99. The zero-order valence-electron chi connectivity index (χ0n) is 8.93. The molecule has 16 heavy (non-hydrogen) atoms. The SMILES string of the molecule is COC(=O)CN.N#Cc1ccc(C=N)cc1. The number of esters is 1. The molecule has 0 bridgehead atoms. The Morgan fingerprint density at radius 2 is 2.12 bits per heavy atom. The minimum Gasteiger partial charge on any atom is -0.468 e. The van der Waals surface area contributed by atoms with E-state index in [1.807, 2.05) is 6.07 Å². The second kappa shape index (κ2) is 8.15. The van der Waals surface area contributed by atoms with Crippen molar-refractivity contribution in [3.63, 3.8) is 0 Å². The number of nitrogens with zero attached hydrogens (tertiary/aromatic N) is 1. The maximum Gasteiger partial charge on any atom is 0.319 e. The fraction of sp³-hybridized carbons (Fsp3) is 0.182. The molecule has 0 aliphatic heterocycles. The maximum atomic E-state index is 9.83. The van der Waals surface area contributed by atoms with Crippen molar-refractivity contribution in [3.8, 4) is 6.07 Å². The molecule has 1 aromatic rings. The van der Waals surface area contributed by atoms with E-state index < -0.39 is 0 Å². The lowest BCUT2D eigenvalue weighted by Gasteiger charge is -1.88. The number of nitrogens with one attached hydrogen (secondary N) is 1. The molecule has 0 fully saturated rings. The van der Waals surface area contributed by atoms with E-state index in [9.17, 15) is 4.79 Å². The zero-order chi connectivity index (χ0) is 12.4. The van der Waals surface area contributed by atoms with Gasteiger partial charge in [0.2, 0.25) is 0 Å². The first-order valence-electron chi connectivity index (χ1n) is 4.45. The van der Waals surface area contributed by atoms with Crippen molar-refractivity contribution >= 4 is 12.2 Å². The topological polar surface area (TPSA) is 100.0 Å². The molecule has 5 nitrogen and oxygen atoms in total. The van der Waals surface area contributed by atoms with Crippen molar-refractivity contribution in [2.75, 3.05) is 13.7 Å². The van der Waals surface area contributed by atoms with Crippen LogP contribution in [0.4, 0.5) is 0 Å². The van der Waals surface area contributed by atoms with Crippen molar-refractivity contribution < 1.29 is 9.53 Å². The van der Waals surface area contributed by atoms with Crippen molar-refractivity contribution in [2.24, 2.45) is 5.73 Å². The number of rotatable bonds is 2. The average Bonchev–Trinajstić information content (AvgIpc) is 2.38. The quantitative estimate of drug-likeness (QED) is 0.564. The third kappa shape index (κ3) is 5.52. The highest BCUT2D eigenvalue weighted by Gasteiger charge is 1.88. The van der Waals surface area contributed by atoms with Gasteiger partial charge in [-0.05, 0) is 17.7 Å². The molecule has 1 aromatic carbocycles. The lowest BCUT2D eigenvalue weighted by molar-refractivity contribution is -0.138. The minimum atomic E-state index is -0.380. The largest absolute Gasteiger partial charge is 0.468 e. The Bertz CT molecular complexity index is 373. The number of nitriles is 1. The van der Waals surface area contributed by atoms with Gasteiger partial charge in [0, 0.05) is 6.21 Å². The average molecular weight is 219 g/mol. The first-order chi connectivity index (χ1) is 7.67. The Hall–Kier alpha value is -2.19. The number of hydrogen-bond donors (Lipinski definition) is 2. The minimum absolute atomic E-state index is 0.0312. The van der Waals surface area contributed by atoms with Crippen LogP contribution in [-0.4, -0.2) is 25.8 Å². The molecule has 84 valence electrons. The summed E-state index contributed by atoms with van der Waals surface area (Å²) in [6, 6.07) is 8.88. The number of nitrogens with two attached hydrogens (primary N) is 1. The van der Waals surface area contributed by atoms with Gasteiger partial charge in [0.1, 0.15) is 0 Å². The molecule has 0 saturated heterocycles. The molecular weight excluding hydrogens is 206 g/mol. The maximum absolute atomic E-state index is 9.83. The lowest BCUT2D eigenvalue weighted by Crippen LogP contribution is -2.14. The standard InChI is InChI=1S/C8H6N2.C3H7NO2/c9-5-7-1-2-8(6-10)4-3-7;1-6-3(5)2-4/h1-5,9H;2,4H2,1H3. The summed E-state index contributed by atoms with van der Waals surface area (Å²) in [5.74, 6) is -0.380. The molecule has 5 heteroatoms. The van der Waals surface area contributed by atoms with E-state index in [4.69, 9.17) is 16.4 Å². The molecule has 0 saturated carbocycles. The van der Waals surface area contributed by atoms with Crippen LogP contribution in [0.25, 0.3) is 0 Å². The van der Waals surface area contributed by atoms with Gasteiger partial charge in [-0.3, -0.25) is 4.79 Å². The van der Waals surface area contributed by atoms with Gasteiger partial charge in [0.25, 0.3) is 0 Å². The van der Waals surface area contributed by atoms with Gasteiger partial charge in [-0.1, -0.05) is 12.1 Å². The van der Waals surface area contributed by atoms with Crippen LogP contribution in [0.1, 0.15) is 11.1 Å². The summed E-state index contributed by atoms with van der Waals surface area (Å²) in [7, 11) is 1.30. The predicted octanol–water partition coefficient (Wildman–Crippen LogP) is 0.674. The molecule has 0 radical (unpaired) electrons. The van der Waals surface area contributed by atoms with Crippen LogP contribution in [0.3, 0.4) is 0 Å². The Morgan fingerprint density at radius 1 is 1.56 bits per heavy atom. The highest BCUT2D eigenvalue weighted by atomic mass is 16.5. The van der Waals surface area contributed by atoms with E-state index in [-0.39, 0.29) is 12.5 Å². The zero-order valence-corrected chi connectivity index (χ0v) is 8.93. The van der Waals surface area contributed by atoms with Gasteiger partial charge in [0.05, 0.1) is 25.3 Å². The second-order valence-electron chi connectivity index (χ2n) is 2.66. The molecule has 0 atom stereocenters. The van der Waals surface area contributed by atoms with E-state index in [1.54, 1.807) is 24.3 Å². The van der Waals surface area contributed by atoms with Crippen LogP contribution in [-0.2, 0) is 9.53 Å². The van der Waals surface area contributed by atoms with Gasteiger partial charge in [-0.2, -0.15) is 5.26 Å². The number of hydrogen-bond acceptors (Lipinski definition) is 5. The van der Waals surface area contributed by atoms with E-state index in [0.29, 0.717) is 5.56 Å². The van der Waals surface area contributed by atoms with E-state index in [1.165, 1.54) is 13.3 Å². The van der Waals surface area contributed by atoms with Crippen molar-refractivity contribution in [2.45, 2.75) is 0 Å². The third-order valence-electron chi connectivity index (χ3n) is 1.60. The molecule has 0 aromatic heterocycles. The van der Waals surface area contributed by atoms with Gasteiger partial charge in [-0.15, -0.1) is 0 Å². The third-order valence-corrected chi connectivity index (χ3v) is 1.60. The lowest BCUT2D eigenvalue weighted by atomic mass is 10.2. The number of benzene rings is 1. The van der Waals surface area contributed by atoms with Crippen molar-refractivity contribution in [1.82, 2.24) is 0 Å². The monoisotopic (exact) mass is 219 g/mol. The molecule has 3 N–H and O–H groups in total. The number of ether oxygens (including phenoxy) is 1. The molecular formula is C11H13N3O2. The molecule has 0 unspecified atom stereocenters. The van der Waals surface area contributed by atoms with Gasteiger partial charge < -0.3 is 15.9 Å². The Labute approximate surface area is 94.0 Å². The molecule has 0 aliphatic rings. The highest BCUT2D eigenvalue weighted by molar-refractivity contribution is 5.76. The van der Waals surface area contributed by atoms with E-state index in [2.05, 4.69) is 4.74 Å². The summed E-state index contributed by atoms with van der Waals surface area (Å²) >= 11 is 0. The van der Waals surface area contributed by atoms with E-state index >= 15 is 0 Å². The van der Waals surface area contributed by atoms with Crippen molar-refractivity contribution in [3.05, 3.63) is 35.4 Å². The number of carbonyl (C=O) groups is 1. The molecule has 0 heterocycles. The molecule has 0 amide bonds. The Kier molecular flexibility index (Phi) is 7.03. The summed E-state index contributed by atoms with van der Waals surface area (Å²) < 4.78 is 4.14. The van der Waals surface area contributed by atoms with E-state index in [0.717, 1.165) is 5.56 Å². The van der Waals surface area contributed by atoms with Crippen LogP contribution in [0.15, 0.2) is 24.3 Å². The summed E-state index contributed by atoms with van der Waals surface area (Å²) in [5.41, 5.74) is 6.26. The first-order valence-corrected chi connectivity index (χ1v) is 4.45. The summed E-state index contributed by atoms with van der Waals surface area (Å²) in [6.07, 6.45) is 1.25. The smallest absolute Gasteiger partial charge is 0.319 e. The van der Waals surface area contributed by atoms with Crippen LogP contribution in [0.5, 0.6) is 0 Å². The van der Waals surface area contributed by atoms with Gasteiger partial charge >= 0.3 is 5.97 Å².